The van der Waals surface area contributed by atoms with Gasteiger partial charge in [-0.1, -0.05) is 60.7 Å². The molecular weight excluding hydrogens is 470 g/mol. The lowest BCUT2D eigenvalue weighted by molar-refractivity contribution is 0.0157. The van der Waals surface area contributed by atoms with Gasteiger partial charge in [-0.05, 0) is 55.2 Å². The van der Waals surface area contributed by atoms with Gasteiger partial charge in [0.05, 0.1) is 36.9 Å². The Morgan fingerprint density at radius 3 is 2.31 bits per heavy atom. The lowest BCUT2D eigenvalue weighted by atomic mass is 9.83. The molecule has 6 nitrogen and oxygen atoms in total. The Labute approximate surface area is 214 Å². The van der Waals surface area contributed by atoms with Crippen molar-refractivity contribution in [2.24, 2.45) is 0 Å². The standard InChI is InChI=1S/C29H35N3O3S/c1-36(33,34)31-28-16-17-32(26-18-25(19-30-20-26)23-10-6-3-7-11-23)29(28)21-35-27-14-12-24(13-15-27)22-8-4-2-5-9-22/h2-11,18-20,24,27-29,31H,12-17,21H2,1H3/t24?,27?,28?,29-/m0/s1. The smallest absolute Gasteiger partial charge is 0.209 e. The Balaban J connectivity index is 1.28. The van der Waals surface area contributed by atoms with E-state index in [1.54, 1.807) is 0 Å². The highest BCUT2D eigenvalue weighted by atomic mass is 32.2. The first kappa shape index (κ1) is 24.9. The van der Waals surface area contributed by atoms with Crippen molar-refractivity contribution in [1.82, 2.24) is 9.71 Å². The summed E-state index contributed by atoms with van der Waals surface area (Å²) in [6, 6.07) is 22.8. The molecule has 0 spiro atoms. The van der Waals surface area contributed by atoms with Gasteiger partial charge < -0.3 is 9.64 Å². The Morgan fingerprint density at radius 1 is 0.917 bits per heavy atom. The minimum Gasteiger partial charge on any atom is -0.376 e. The van der Waals surface area contributed by atoms with Crippen molar-refractivity contribution in [3.05, 3.63) is 84.7 Å². The number of hydrogen-bond donors (Lipinski definition) is 1. The van der Waals surface area contributed by atoms with Crippen LogP contribution < -0.4 is 9.62 Å². The molecule has 1 aliphatic carbocycles. The largest absolute Gasteiger partial charge is 0.376 e. The predicted octanol–water partition coefficient (Wildman–Crippen LogP) is 4.99. The number of ether oxygens (including phenoxy) is 1. The number of pyridine rings is 1. The average Bonchev–Trinajstić information content (AvgIpc) is 3.29. The van der Waals surface area contributed by atoms with Crippen molar-refractivity contribution >= 4 is 15.7 Å². The zero-order valence-electron chi connectivity index (χ0n) is 20.8. The van der Waals surface area contributed by atoms with Gasteiger partial charge in [0.1, 0.15) is 0 Å². The lowest BCUT2D eigenvalue weighted by Crippen LogP contribution is -2.48. The number of hydrogen-bond acceptors (Lipinski definition) is 5. The van der Waals surface area contributed by atoms with Gasteiger partial charge in [-0.15, -0.1) is 0 Å². The summed E-state index contributed by atoms with van der Waals surface area (Å²) in [6.07, 6.45) is 10.2. The maximum Gasteiger partial charge on any atom is 0.209 e. The van der Waals surface area contributed by atoms with Gasteiger partial charge in [0.2, 0.25) is 10.0 Å². The highest BCUT2D eigenvalue weighted by Gasteiger charge is 2.37. The quantitative estimate of drug-likeness (QED) is 0.467. The van der Waals surface area contributed by atoms with E-state index < -0.39 is 10.0 Å². The van der Waals surface area contributed by atoms with Crippen LogP contribution in [0.5, 0.6) is 0 Å². The molecule has 0 bridgehead atoms. The van der Waals surface area contributed by atoms with E-state index in [9.17, 15) is 8.42 Å². The highest BCUT2D eigenvalue weighted by molar-refractivity contribution is 7.88. The number of anilines is 1. The van der Waals surface area contributed by atoms with E-state index in [0.717, 1.165) is 55.5 Å². The zero-order chi connectivity index (χ0) is 25.0. The molecule has 1 saturated carbocycles. The molecular formula is C29H35N3O3S. The molecule has 1 aromatic heterocycles. The summed E-state index contributed by atoms with van der Waals surface area (Å²) in [5, 5.41) is 0. The van der Waals surface area contributed by atoms with Crippen LogP contribution in [-0.2, 0) is 14.8 Å². The maximum atomic E-state index is 12.1. The number of nitrogens with one attached hydrogen (secondary N) is 1. The minimum absolute atomic E-state index is 0.0839. The van der Waals surface area contributed by atoms with Crippen LogP contribution in [0, 0.1) is 0 Å². The second-order valence-electron chi connectivity index (χ2n) is 10.1. The number of sulfonamides is 1. The predicted molar refractivity (Wildman–Crippen MR) is 145 cm³/mol. The molecule has 1 aliphatic heterocycles. The first-order valence-electron chi connectivity index (χ1n) is 12.9. The Bertz CT molecular complexity index is 1230. The van der Waals surface area contributed by atoms with Crippen LogP contribution in [0.1, 0.15) is 43.6 Å². The van der Waals surface area contributed by atoms with Crippen molar-refractivity contribution in [2.45, 2.75) is 56.2 Å². The minimum atomic E-state index is -3.33. The van der Waals surface area contributed by atoms with Gasteiger partial charge in [0.25, 0.3) is 0 Å². The fourth-order valence-corrected chi connectivity index (χ4v) is 6.51. The molecule has 0 radical (unpaired) electrons. The van der Waals surface area contributed by atoms with Crippen molar-refractivity contribution < 1.29 is 13.2 Å². The molecule has 1 N–H and O–H groups in total. The van der Waals surface area contributed by atoms with Crippen molar-refractivity contribution in [2.75, 3.05) is 24.3 Å². The molecule has 2 heterocycles. The molecule has 2 aromatic carbocycles. The van der Waals surface area contributed by atoms with Crippen LogP contribution >= 0.6 is 0 Å². The summed E-state index contributed by atoms with van der Waals surface area (Å²) in [5.74, 6) is 0.598. The Hall–Kier alpha value is -2.74. The zero-order valence-corrected chi connectivity index (χ0v) is 21.6. The molecule has 2 aliphatic rings. The SMILES string of the molecule is CS(=O)(=O)NC1CCN(c2cncc(-c3ccccc3)c2)[C@H]1COC1CCC(c2ccccc2)CC1. The normalized spacial score (nSPS) is 24.6. The Morgan fingerprint density at radius 2 is 1.61 bits per heavy atom. The second kappa shape index (κ2) is 11.1. The molecule has 1 unspecified atom stereocenters. The maximum absolute atomic E-state index is 12.1. The third-order valence-corrected chi connectivity index (χ3v) is 8.25. The number of rotatable bonds is 8. The van der Waals surface area contributed by atoms with Gasteiger partial charge in [-0.25, -0.2) is 13.1 Å². The molecule has 2 atom stereocenters. The molecule has 190 valence electrons. The van der Waals surface area contributed by atoms with E-state index in [4.69, 9.17) is 4.74 Å². The van der Waals surface area contributed by atoms with Crippen LogP contribution in [0.3, 0.4) is 0 Å². The summed E-state index contributed by atoms with van der Waals surface area (Å²) in [4.78, 5) is 6.77. The van der Waals surface area contributed by atoms with Gasteiger partial charge in [0, 0.05) is 24.3 Å². The van der Waals surface area contributed by atoms with Crippen LogP contribution in [0.25, 0.3) is 11.1 Å². The summed E-state index contributed by atoms with van der Waals surface area (Å²) >= 11 is 0. The fraction of sp³-hybridized carbons (Fsp3) is 0.414. The summed E-state index contributed by atoms with van der Waals surface area (Å²) in [5.41, 5.74) is 4.57. The van der Waals surface area contributed by atoms with Gasteiger partial charge in [0.15, 0.2) is 0 Å². The van der Waals surface area contributed by atoms with Gasteiger partial charge in [-0.2, -0.15) is 0 Å². The van der Waals surface area contributed by atoms with Crippen molar-refractivity contribution in [3.63, 3.8) is 0 Å². The van der Waals surface area contributed by atoms with Crippen molar-refractivity contribution in [3.8, 4) is 11.1 Å². The topological polar surface area (TPSA) is 71.5 Å². The molecule has 1 saturated heterocycles. The highest BCUT2D eigenvalue weighted by Crippen LogP contribution is 2.35. The Kier molecular flexibility index (Phi) is 7.70. The molecule has 7 heteroatoms. The van der Waals surface area contributed by atoms with E-state index in [-0.39, 0.29) is 18.2 Å². The van der Waals surface area contributed by atoms with E-state index in [1.807, 2.05) is 30.6 Å². The average molecular weight is 506 g/mol. The lowest BCUT2D eigenvalue weighted by Gasteiger charge is -2.33. The van der Waals surface area contributed by atoms with Crippen LogP contribution in [0.15, 0.2) is 79.1 Å². The third-order valence-electron chi connectivity index (χ3n) is 7.52. The molecule has 5 rings (SSSR count). The number of aromatic nitrogens is 1. The van der Waals surface area contributed by atoms with Crippen molar-refractivity contribution in [1.29, 1.82) is 0 Å². The molecule has 0 amide bonds. The fourth-order valence-electron chi connectivity index (χ4n) is 5.69. The van der Waals surface area contributed by atoms with E-state index in [2.05, 4.69) is 63.1 Å². The molecule has 3 aromatic rings. The molecule has 36 heavy (non-hydrogen) atoms. The van der Waals surface area contributed by atoms with E-state index in [1.165, 1.54) is 11.8 Å². The summed E-state index contributed by atoms with van der Waals surface area (Å²) in [7, 11) is -3.33. The van der Waals surface area contributed by atoms with Crippen LogP contribution in [-0.4, -0.2) is 51.0 Å². The monoisotopic (exact) mass is 505 g/mol. The first-order valence-corrected chi connectivity index (χ1v) is 14.8. The molecule has 2 fully saturated rings. The van der Waals surface area contributed by atoms with Gasteiger partial charge in [-0.3, -0.25) is 4.98 Å². The first-order chi connectivity index (χ1) is 17.5. The van der Waals surface area contributed by atoms with E-state index >= 15 is 0 Å². The summed E-state index contributed by atoms with van der Waals surface area (Å²) in [6.45, 7) is 1.24. The second-order valence-corrected chi connectivity index (χ2v) is 11.8. The summed E-state index contributed by atoms with van der Waals surface area (Å²) < 4.78 is 33.5. The van der Waals surface area contributed by atoms with Crippen LogP contribution in [0.4, 0.5) is 5.69 Å². The number of benzene rings is 2. The van der Waals surface area contributed by atoms with Crippen LogP contribution in [0.2, 0.25) is 0 Å². The third kappa shape index (κ3) is 6.14. The van der Waals surface area contributed by atoms with E-state index in [0.29, 0.717) is 12.5 Å². The number of nitrogens with zero attached hydrogens (tertiary/aromatic N) is 2. The van der Waals surface area contributed by atoms with Gasteiger partial charge >= 0.3 is 0 Å².